The van der Waals surface area contributed by atoms with Gasteiger partial charge in [0, 0.05) is 4.88 Å². The zero-order valence-corrected chi connectivity index (χ0v) is 10.1. The lowest BCUT2D eigenvalue weighted by Gasteiger charge is -2.15. The lowest BCUT2D eigenvalue weighted by atomic mass is 10.2. The highest BCUT2D eigenvalue weighted by Gasteiger charge is 2.10. The van der Waals surface area contributed by atoms with Crippen molar-refractivity contribution in [2.24, 2.45) is 0 Å². The van der Waals surface area contributed by atoms with Crippen LogP contribution >= 0.6 is 11.3 Å². The maximum absolute atomic E-state index is 13.7. The second-order valence-corrected chi connectivity index (χ2v) is 4.80. The van der Waals surface area contributed by atoms with Crippen LogP contribution in [0.5, 0.6) is 0 Å². The first-order chi connectivity index (χ1) is 7.68. The highest BCUT2D eigenvalue weighted by atomic mass is 32.1. The Morgan fingerprint density at radius 3 is 2.75 bits per heavy atom. The molecule has 1 unspecified atom stereocenters. The molecule has 0 fully saturated rings. The average molecular weight is 235 g/mol. The van der Waals surface area contributed by atoms with E-state index in [0.717, 1.165) is 0 Å². The number of nitrogens with one attached hydrogen (secondary N) is 1. The molecule has 1 nitrogen and oxygen atoms in total. The monoisotopic (exact) mass is 235 g/mol. The number of hydrogen-bond donors (Lipinski definition) is 1. The molecule has 1 N–H and O–H groups in total. The Balaban J connectivity index is 2.18. The Bertz CT molecular complexity index is 465. The summed E-state index contributed by atoms with van der Waals surface area (Å²) in [5.74, 6) is -0.161. The van der Waals surface area contributed by atoms with Gasteiger partial charge in [-0.2, -0.15) is 0 Å². The van der Waals surface area contributed by atoms with Crippen LogP contribution in [0.2, 0.25) is 0 Å². The fraction of sp³-hybridized carbons (Fsp3) is 0.231. The van der Waals surface area contributed by atoms with E-state index in [1.165, 1.54) is 4.88 Å². The third kappa shape index (κ3) is 2.25. The van der Waals surface area contributed by atoms with Crippen molar-refractivity contribution in [3.05, 3.63) is 52.0 Å². The van der Waals surface area contributed by atoms with Crippen molar-refractivity contribution in [2.75, 3.05) is 5.32 Å². The lowest BCUT2D eigenvalue weighted by Crippen LogP contribution is -2.06. The van der Waals surface area contributed by atoms with Gasteiger partial charge in [0.25, 0.3) is 0 Å². The summed E-state index contributed by atoms with van der Waals surface area (Å²) >= 11 is 1.68. The summed E-state index contributed by atoms with van der Waals surface area (Å²) in [4.78, 5) is 1.21. The molecule has 1 aromatic heterocycles. The van der Waals surface area contributed by atoms with Crippen LogP contribution in [0.3, 0.4) is 0 Å². The van der Waals surface area contributed by atoms with Crippen molar-refractivity contribution >= 4 is 17.0 Å². The summed E-state index contributed by atoms with van der Waals surface area (Å²) in [6.45, 7) is 3.81. The first-order valence-electron chi connectivity index (χ1n) is 5.23. The summed E-state index contributed by atoms with van der Waals surface area (Å²) in [5, 5.41) is 5.22. The number of anilines is 1. The van der Waals surface area contributed by atoms with Crippen LogP contribution in [0.15, 0.2) is 35.7 Å². The number of benzene rings is 1. The molecule has 0 amide bonds. The van der Waals surface area contributed by atoms with E-state index in [-0.39, 0.29) is 11.9 Å². The van der Waals surface area contributed by atoms with Crippen molar-refractivity contribution in [3.63, 3.8) is 0 Å². The summed E-state index contributed by atoms with van der Waals surface area (Å²) < 4.78 is 13.7. The molecular weight excluding hydrogens is 221 g/mol. The minimum atomic E-state index is -0.161. The van der Waals surface area contributed by atoms with Crippen molar-refractivity contribution in [1.82, 2.24) is 0 Å². The minimum absolute atomic E-state index is 0.135. The molecule has 0 saturated carbocycles. The second-order valence-electron chi connectivity index (χ2n) is 3.82. The van der Waals surface area contributed by atoms with E-state index in [9.17, 15) is 4.39 Å². The highest BCUT2D eigenvalue weighted by Crippen LogP contribution is 2.25. The summed E-state index contributed by atoms with van der Waals surface area (Å²) in [7, 11) is 0. The summed E-state index contributed by atoms with van der Waals surface area (Å²) in [6.07, 6.45) is 0. The average Bonchev–Trinajstić information content (AvgIpc) is 2.78. The molecular formula is C13H14FNS. The SMILES string of the molecule is Cc1cccc(NC(C)c2cccs2)c1F. The third-order valence-electron chi connectivity index (χ3n) is 2.53. The molecule has 1 aromatic carbocycles. The third-order valence-corrected chi connectivity index (χ3v) is 3.59. The van der Waals surface area contributed by atoms with E-state index in [0.29, 0.717) is 11.3 Å². The van der Waals surface area contributed by atoms with Crippen LogP contribution < -0.4 is 5.32 Å². The number of aryl methyl sites for hydroxylation is 1. The number of halogens is 1. The summed E-state index contributed by atoms with van der Waals surface area (Å²) in [5.41, 5.74) is 1.24. The first kappa shape index (κ1) is 11.1. The molecule has 0 spiro atoms. The van der Waals surface area contributed by atoms with Gasteiger partial charge in [-0.1, -0.05) is 18.2 Å². The molecule has 3 heteroatoms. The van der Waals surface area contributed by atoms with Crippen molar-refractivity contribution in [3.8, 4) is 0 Å². The van der Waals surface area contributed by atoms with Gasteiger partial charge in [0.15, 0.2) is 0 Å². The van der Waals surface area contributed by atoms with Gasteiger partial charge >= 0.3 is 0 Å². The predicted molar refractivity (Wildman–Crippen MR) is 67.5 cm³/mol. The van der Waals surface area contributed by atoms with Gasteiger partial charge in [0.05, 0.1) is 11.7 Å². The van der Waals surface area contributed by atoms with E-state index in [2.05, 4.69) is 11.4 Å². The smallest absolute Gasteiger partial charge is 0.149 e. The van der Waals surface area contributed by atoms with Gasteiger partial charge in [-0.05, 0) is 36.9 Å². The molecule has 0 saturated heterocycles. The van der Waals surface area contributed by atoms with Gasteiger partial charge in [-0.15, -0.1) is 11.3 Å². The molecule has 1 atom stereocenters. The predicted octanol–water partition coefficient (Wildman–Crippen LogP) is 4.37. The fourth-order valence-corrected chi connectivity index (χ4v) is 2.34. The van der Waals surface area contributed by atoms with Crippen molar-refractivity contribution < 1.29 is 4.39 Å². The Morgan fingerprint density at radius 2 is 2.06 bits per heavy atom. The minimum Gasteiger partial charge on any atom is -0.375 e. The molecule has 0 aliphatic heterocycles. The van der Waals surface area contributed by atoms with Gasteiger partial charge in [-0.25, -0.2) is 4.39 Å². The van der Waals surface area contributed by atoms with E-state index >= 15 is 0 Å². The van der Waals surface area contributed by atoms with Crippen LogP contribution in [0.4, 0.5) is 10.1 Å². The molecule has 0 aliphatic rings. The maximum atomic E-state index is 13.7. The van der Waals surface area contributed by atoms with Crippen molar-refractivity contribution in [1.29, 1.82) is 0 Å². The highest BCUT2D eigenvalue weighted by molar-refractivity contribution is 7.10. The zero-order chi connectivity index (χ0) is 11.5. The Morgan fingerprint density at radius 1 is 1.25 bits per heavy atom. The van der Waals surface area contributed by atoms with Gasteiger partial charge in [0.2, 0.25) is 0 Å². The molecule has 0 aliphatic carbocycles. The molecule has 2 aromatic rings. The van der Waals surface area contributed by atoms with Crippen LogP contribution in [0.25, 0.3) is 0 Å². The largest absolute Gasteiger partial charge is 0.375 e. The molecule has 0 radical (unpaired) electrons. The quantitative estimate of drug-likeness (QED) is 0.833. The molecule has 16 heavy (non-hydrogen) atoms. The van der Waals surface area contributed by atoms with Gasteiger partial charge in [-0.3, -0.25) is 0 Å². The van der Waals surface area contributed by atoms with Crippen LogP contribution in [-0.2, 0) is 0 Å². The normalized spacial score (nSPS) is 12.4. The van der Waals surface area contributed by atoms with Gasteiger partial charge < -0.3 is 5.32 Å². The standard InChI is InChI=1S/C13H14FNS/c1-9-5-3-6-11(13(9)14)15-10(2)12-7-4-8-16-12/h3-8,10,15H,1-2H3. The maximum Gasteiger partial charge on any atom is 0.149 e. The number of hydrogen-bond acceptors (Lipinski definition) is 2. The van der Waals surface area contributed by atoms with E-state index < -0.39 is 0 Å². The zero-order valence-electron chi connectivity index (χ0n) is 9.33. The van der Waals surface area contributed by atoms with Crippen LogP contribution in [0, 0.1) is 12.7 Å². The Labute approximate surface area is 98.9 Å². The van der Waals surface area contributed by atoms with E-state index in [1.54, 1.807) is 30.4 Å². The van der Waals surface area contributed by atoms with E-state index in [1.807, 2.05) is 24.4 Å². The van der Waals surface area contributed by atoms with Crippen molar-refractivity contribution in [2.45, 2.75) is 19.9 Å². The number of rotatable bonds is 3. The topological polar surface area (TPSA) is 12.0 Å². The Hall–Kier alpha value is -1.35. The first-order valence-corrected chi connectivity index (χ1v) is 6.11. The Kier molecular flexibility index (Phi) is 3.25. The number of thiophene rings is 1. The van der Waals surface area contributed by atoms with E-state index in [4.69, 9.17) is 0 Å². The molecule has 84 valence electrons. The van der Waals surface area contributed by atoms with Crippen LogP contribution in [-0.4, -0.2) is 0 Å². The van der Waals surface area contributed by atoms with Crippen LogP contribution in [0.1, 0.15) is 23.4 Å². The molecule has 1 heterocycles. The lowest BCUT2D eigenvalue weighted by molar-refractivity contribution is 0.619. The molecule has 2 rings (SSSR count). The molecule has 0 bridgehead atoms. The fourth-order valence-electron chi connectivity index (χ4n) is 1.60. The second kappa shape index (κ2) is 4.66. The van der Waals surface area contributed by atoms with Gasteiger partial charge in [0.1, 0.15) is 5.82 Å². The summed E-state index contributed by atoms with van der Waals surface area (Å²) in [6, 6.07) is 9.60.